The number of aromatic carboxylic acids is 1. The number of fused-ring (bicyclic) bond motifs is 10. The number of carbonyl (C=O) groups excluding carboxylic acids is 5. The molecular formula is C52H67FO14. The normalized spacial score (nSPS) is 43.4. The van der Waals surface area contributed by atoms with E-state index in [4.69, 9.17) is 5.11 Å². The predicted molar refractivity (Wildman–Crippen MR) is 240 cm³/mol. The summed E-state index contributed by atoms with van der Waals surface area (Å²) in [7, 11) is 0. The van der Waals surface area contributed by atoms with Crippen LogP contribution in [0.4, 0.5) is 4.39 Å². The highest BCUT2D eigenvalue weighted by Crippen LogP contribution is 2.71. The van der Waals surface area contributed by atoms with Crippen LogP contribution in [0.5, 0.6) is 5.75 Å². The molecule has 1 aromatic carbocycles. The molecule has 9 rings (SSSR count). The lowest BCUT2D eigenvalue weighted by Crippen LogP contribution is -2.69. The van der Waals surface area contributed by atoms with Gasteiger partial charge in [-0.15, -0.1) is 0 Å². The van der Waals surface area contributed by atoms with Crippen LogP contribution in [0.1, 0.15) is 123 Å². The Labute approximate surface area is 390 Å². The monoisotopic (exact) mass is 934 g/mol. The maximum atomic E-state index is 16.9. The fourth-order valence-electron chi connectivity index (χ4n) is 15.4. The summed E-state index contributed by atoms with van der Waals surface area (Å²) in [6, 6.07) is 5.98. The van der Waals surface area contributed by atoms with Gasteiger partial charge in [0.2, 0.25) is 0 Å². The topological polar surface area (TPSA) is 253 Å². The summed E-state index contributed by atoms with van der Waals surface area (Å²) in [6.07, 6.45) is 10.2. The molecule has 15 heteroatoms. The van der Waals surface area contributed by atoms with Crippen molar-refractivity contribution in [2.75, 3.05) is 13.2 Å². The van der Waals surface area contributed by atoms with Gasteiger partial charge >= 0.3 is 11.9 Å². The summed E-state index contributed by atoms with van der Waals surface area (Å²) in [5, 5.41) is 72.4. The van der Waals surface area contributed by atoms with Crippen molar-refractivity contribution in [2.24, 2.45) is 57.2 Å². The molecule has 15 atom stereocenters. The maximum absolute atomic E-state index is 16.9. The van der Waals surface area contributed by atoms with Crippen LogP contribution in [-0.2, 0) is 24.0 Å². The molecular weight excluding hydrogens is 868 g/mol. The first-order chi connectivity index (χ1) is 31.2. The number of carboxylic acid groups (broad SMARTS) is 1. The third-order valence-electron chi connectivity index (χ3n) is 18.8. The van der Waals surface area contributed by atoms with E-state index in [0.717, 1.165) is 25.7 Å². The molecule has 0 spiro atoms. The number of ether oxygens (including phenoxy) is 1. The van der Waals surface area contributed by atoms with E-state index in [-0.39, 0.29) is 58.4 Å². The number of esters is 1. The molecule has 0 bridgehead atoms. The smallest absolute Gasteiger partial charge is 0.339 e. The summed E-state index contributed by atoms with van der Waals surface area (Å²) >= 11 is 0. The largest absolute Gasteiger partial charge is 0.478 e. The lowest BCUT2D eigenvalue weighted by atomic mass is 9.44. The number of Topliss-reactive ketones (excluding diaryl/α,β-unsaturated/α-hetero) is 2. The molecule has 14 nitrogen and oxygen atoms in total. The Morgan fingerprint density at radius 3 is 2.10 bits per heavy atom. The van der Waals surface area contributed by atoms with Gasteiger partial charge in [0.15, 0.2) is 28.8 Å². The SMILES string of the molecule is CC(=O)Oc1ccccc1C(=O)O.C[C@@H]1C[C@H]2[C@@H]3CCC4=CC(=O)C=C[C@]4(C)[C@@]3(F)[C@@H](O)C[C@]2(C)[C@@]1(O)C(=O)CO.C[C@]12CCC(=O)C=C1CC[C@@H]1[C@@H]2[C@@H](O)C[C@@]2(C)[C@H]1CC[C@]2(O)C(=O)CO. The molecule has 1 aromatic rings. The third-order valence-corrected chi connectivity index (χ3v) is 18.8. The van der Waals surface area contributed by atoms with Crippen LogP contribution in [0.25, 0.3) is 0 Å². The number of allylic oxidation sites excluding steroid dienone is 5. The minimum absolute atomic E-state index is 0.0160. The van der Waals surface area contributed by atoms with Gasteiger partial charge in [-0.2, -0.15) is 0 Å². The molecule has 67 heavy (non-hydrogen) atoms. The Bertz CT molecular complexity index is 2320. The summed E-state index contributed by atoms with van der Waals surface area (Å²) < 4.78 is 21.5. The second-order valence-electron chi connectivity index (χ2n) is 21.7. The highest BCUT2D eigenvalue weighted by atomic mass is 19.1. The van der Waals surface area contributed by atoms with E-state index < -0.39 is 93.9 Å². The Kier molecular flexibility index (Phi) is 13.3. The van der Waals surface area contributed by atoms with Crippen LogP contribution in [0, 0.1) is 57.2 Å². The van der Waals surface area contributed by atoms with Crippen LogP contribution in [-0.4, -0.2) is 113 Å². The zero-order valence-electron chi connectivity index (χ0n) is 39.3. The number of halogens is 1. The number of carbonyl (C=O) groups is 6. The molecule has 0 heterocycles. The number of alkyl halides is 1. The van der Waals surface area contributed by atoms with Crippen molar-refractivity contribution in [1.82, 2.24) is 0 Å². The minimum atomic E-state index is -1.98. The van der Waals surface area contributed by atoms with Crippen LogP contribution in [0.2, 0.25) is 0 Å². The maximum Gasteiger partial charge on any atom is 0.339 e. The lowest BCUT2D eigenvalue weighted by molar-refractivity contribution is -0.219. The first kappa shape index (κ1) is 50.6. The van der Waals surface area contributed by atoms with Gasteiger partial charge in [-0.05, 0) is 136 Å². The van der Waals surface area contributed by atoms with Gasteiger partial charge in [0.25, 0.3) is 0 Å². The quantitative estimate of drug-likeness (QED) is 0.147. The molecule has 6 saturated carbocycles. The van der Waals surface area contributed by atoms with E-state index in [1.165, 1.54) is 36.8 Å². The summed E-state index contributed by atoms with van der Waals surface area (Å²) in [6.45, 7) is 9.16. The fourth-order valence-corrected chi connectivity index (χ4v) is 15.4. The first-order valence-corrected chi connectivity index (χ1v) is 23.7. The minimum Gasteiger partial charge on any atom is -0.478 e. The summed E-state index contributed by atoms with van der Waals surface area (Å²) in [4.78, 5) is 69.8. The van der Waals surface area contributed by atoms with Gasteiger partial charge in [0, 0.05) is 35.5 Å². The average Bonchev–Trinajstić information content (AvgIpc) is 3.66. The number of hydrogen-bond donors (Lipinski definition) is 7. The lowest BCUT2D eigenvalue weighted by Gasteiger charge is -2.62. The predicted octanol–water partition coefficient (Wildman–Crippen LogP) is 4.99. The van der Waals surface area contributed by atoms with Gasteiger partial charge in [0.1, 0.15) is 35.7 Å². The standard InChI is InChI=1S/C22H29FO5.C21H30O5.C9H8O4/c1-12-8-16-15-5-4-13-9-14(25)6-7-19(13,2)21(15,23)17(26)10-20(16,3)22(12,28)18(27)11-24;1-19-7-5-13(23)9-12(19)3-4-14-15-6-8-21(26,17(25)11-22)20(15,2)10-16(24)18(14)19;1-6(10)13-8-5-3-2-4-7(8)9(11)12/h6-7,9,12,15-17,24,26,28H,4-5,8,10-11H2,1-3H3;9,14-16,18,22,24,26H,3-8,10-11H2,1-2H3;2-5H,1H3,(H,11,12)/t12-,15+,16+,17+,19+,20+,21+,22+;14-,15-,16-,18+,19-,20-,21-;/m10./s1. The van der Waals surface area contributed by atoms with Crippen LogP contribution < -0.4 is 4.74 Å². The number of benzene rings is 1. The average molecular weight is 935 g/mol. The second kappa shape index (κ2) is 17.6. The van der Waals surface area contributed by atoms with E-state index in [1.54, 1.807) is 45.1 Å². The molecule has 8 aliphatic carbocycles. The van der Waals surface area contributed by atoms with E-state index in [1.807, 2.05) is 6.92 Å². The van der Waals surface area contributed by atoms with Crippen molar-refractivity contribution in [3.05, 3.63) is 65.3 Å². The van der Waals surface area contributed by atoms with Crippen molar-refractivity contribution in [3.63, 3.8) is 0 Å². The van der Waals surface area contributed by atoms with E-state index in [2.05, 4.69) is 11.7 Å². The number of para-hydroxylation sites is 1. The third kappa shape index (κ3) is 7.47. The molecule has 0 aliphatic heterocycles. The molecule has 0 radical (unpaired) electrons. The van der Waals surface area contributed by atoms with E-state index in [9.17, 15) is 59.4 Å². The zero-order valence-corrected chi connectivity index (χ0v) is 39.3. The van der Waals surface area contributed by atoms with Gasteiger partial charge in [-0.1, -0.05) is 57.0 Å². The van der Waals surface area contributed by atoms with Gasteiger partial charge in [-0.25, -0.2) is 9.18 Å². The van der Waals surface area contributed by atoms with Crippen molar-refractivity contribution in [3.8, 4) is 5.75 Å². The van der Waals surface area contributed by atoms with Crippen LogP contribution in [0.3, 0.4) is 0 Å². The molecule has 6 fully saturated rings. The first-order valence-electron chi connectivity index (χ1n) is 23.7. The second-order valence-corrected chi connectivity index (χ2v) is 21.7. The molecule has 7 N–H and O–H groups in total. The molecule has 0 amide bonds. The number of aliphatic hydroxyl groups excluding tert-OH is 4. The highest BCUT2D eigenvalue weighted by Gasteiger charge is 2.75. The van der Waals surface area contributed by atoms with Crippen LogP contribution >= 0.6 is 0 Å². The highest BCUT2D eigenvalue weighted by molar-refractivity contribution is 6.01. The van der Waals surface area contributed by atoms with Crippen LogP contribution in [0.15, 0.2) is 59.7 Å². The Morgan fingerprint density at radius 2 is 1.46 bits per heavy atom. The summed E-state index contributed by atoms with van der Waals surface area (Å²) in [5.41, 5.74) is -6.42. The Balaban J connectivity index is 0.000000159. The summed E-state index contributed by atoms with van der Waals surface area (Å²) in [5.74, 6) is -3.56. The van der Waals surface area contributed by atoms with Gasteiger partial charge in [-0.3, -0.25) is 24.0 Å². The van der Waals surface area contributed by atoms with Crippen molar-refractivity contribution in [2.45, 2.75) is 141 Å². The molecule has 0 unspecified atom stereocenters. The Hall–Kier alpha value is -4.25. The van der Waals surface area contributed by atoms with Gasteiger partial charge < -0.3 is 40.5 Å². The Morgan fingerprint density at radius 1 is 0.806 bits per heavy atom. The fraction of sp³-hybridized carbons (Fsp3) is 0.654. The van der Waals surface area contributed by atoms with Crippen molar-refractivity contribution >= 4 is 35.1 Å². The van der Waals surface area contributed by atoms with E-state index in [0.29, 0.717) is 44.1 Å². The zero-order chi connectivity index (χ0) is 49.4. The molecule has 0 saturated heterocycles. The number of hydrogen-bond acceptors (Lipinski definition) is 13. The van der Waals surface area contributed by atoms with E-state index >= 15 is 4.39 Å². The van der Waals surface area contributed by atoms with Crippen molar-refractivity contribution in [1.29, 1.82) is 0 Å². The van der Waals surface area contributed by atoms with Gasteiger partial charge in [0.05, 0.1) is 12.2 Å². The number of aliphatic hydroxyl groups is 6. The number of rotatable bonds is 6. The molecule has 8 aliphatic rings. The molecule has 0 aromatic heterocycles. The van der Waals surface area contributed by atoms with Crippen molar-refractivity contribution < 1.29 is 73.6 Å². The molecule has 366 valence electrons. The number of carboxylic acids is 1. The number of ketones is 4.